The van der Waals surface area contributed by atoms with Crippen molar-refractivity contribution in [3.63, 3.8) is 0 Å². The van der Waals surface area contributed by atoms with Crippen molar-refractivity contribution in [3.8, 4) is 28.7 Å². The minimum Gasteiger partial charge on any atom is -0.507 e. The average Bonchev–Trinajstić information content (AvgIpc) is 2.85. The van der Waals surface area contributed by atoms with Crippen molar-refractivity contribution in [2.75, 3.05) is 7.11 Å². The highest BCUT2D eigenvalue weighted by Crippen LogP contribution is 2.53. The summed E-state index contributed by atoms with van der Waals surface area (Å²) in [5, 5.41) is 20.5. The summed E-state index contributed by atoms with van der Waals surface area (Å²) in [7, 11) is 1.35. The van der Waals surface area contributed by atoms with Gasteiger partial charge in [-0.15, -0.1) is 0 Å². The number of esters is 2. The van der Waals surface area contributed by atoms with Gasteiger partial charge in [0.1, 0.15) is 22.6 Å². The van der Waals surface area contributed by atoms with E-state index in [0.717, 1.165) is 0 Å². The summed E-state index contributed by atoms with van der Waals surface area (Å²) >= 11 is 0. The van der Waals surface area contributed by atoms with E-state index in [1.807, 2.05) is 0 Å². The van der Waals surface area contributed by atoms with Crippen LogP contribution in [0, 0.1) is 13.8 Å². The molecule has 9 nitrogen and oxygen atoms in total. The first kappa shape index (κ1) is 17.8. The average molecular weight is 386 g/mol. The SMILES string of the molecule is COc1cc(C)c2c(c1C=O)Oc1c(c(C)c(O)c3c1[C@H](O)OC3=O)OC2=O. The summed E-state index contributed by atoms with van der Waals surface area (Å²) in [5.74, 6) is -2.65. The molecule has 1 atom stereocenters. The lowest BCUT2D eigenvalue weighted by Crippen LogP contribution is -2.11. The maximum absolute atomic E-state index is 12.8. The molecule has 2 heterocycles. The van der Waals surface area contributed by atoms with Crippen molar-refractivity contribution in [1.82, 2.24) is 0 Å². The number of benzene rings is 2. The van der Waals surface area contributed by atoms with E-state index in [9.17, 15) is 24.6 Å². The molecule has 2 aliphatic heterocycles. The fraction of sp³-hybridized carbons (Fsp3) is 0.211. The normalized spacial score (nSPS) is 16.8. The summed E-state index contributed by atoms with van der Waals surface area (Å²) in [4.78, 5) is 36.5. The van der Waals surface area contributed by atoms with Crippen molar-refractivity contribution in [1.29, 1.82) is 0 Å². The van der Waals surface area contributed by atoms with Crippen LogP contribution in [0.5, 0.6) is 28.7 Å². The predicted octanol–water partition coefficient (Wildman–Crippen LogP) is 2.32. The number of aliphatic hydroxyl groups excluding tert-OH is 1. The van der Waals surface area contributed by atoms with Gasteiger partial charge in [-0.25, -0.2) is 9.59 Å². The van der Waals surface area contributed by atoms with Crippen LogP contribution in [0.2, 0.25) is 0 Å². The van der Waals surface area contributed by atoms with Crippen LogP contribution in [-0.2, 0) is 4.74 Å². The zero-order chi connectivity index (χ0) is 20.3. The van der Waals surface area contributed by atoms with E-state index in [4.69, 9.17) is 18.9 Å². The first-order valence-electron chi connectivity index (χ1n) is 8.15. The highest BCUT2D eigenvalue weighted by atomic mass is 16.6. The summed E-state index contributed by atoms with van der Waals surface area (Å²) in [5.41, 5.74) is -0.102. The molecule has 2 aromatic rings. The minimum atomic E-state index is -1.74. The highest BCUT2D eigenvalue weighted by Gasteiger charge is 2.42. The second-order valence-electron chi connectivity index (χ2n) is 6.30. The first-order chi connectivity index (χ1) is 13.3. The number of aliphatic hydroxyl groups is 1. The number of rotatable bonds is 2. The molecule has 0 bridgehead atoms. The number of hydrogen-bond donors (Lipinski definition) is 2. The molecule has 0 spiro atoms. The van der Waals surface area contributed by atoms with Gasteiger partial charge in [0.05, 0.1) is 18.2 Å². The highest BCUT2D eigenvalue weighted by molar-refractivity contribution is 6.03. The van der Waals surface area contributed by atoms with Gasteiger partial charge in [0.15, 0.2) is 23.5 Å². The minimum absolute atomic E-state index is 0.0218. The second-order valence-corrected chi connectivity index (χ2v) is 6.30. The van der Waals surface area contributed by atoms with Gasteiger partial charge in [-0.3, -0.25) is 4.79 Å². The van der Waals surface area contributed by atoms with E-state index in [1.165, 1.54) is 20.1 Å². The van der Waals surface area contributed by atoms with Gasteiger partial charge in [-0.2, -0.15) is 0 Å². The Morgan fingerprint density at radius 3 is 2.43 bits per heavy atom. The molecule has 2 N–H and O–H groups in total. The number of aromatic hydroxyl groups is 1. The number of methoxy groups -OCH3 is 1. The van der Waals surface area contributed by atoms with Crippen LogP contribution in [0.25, 0.3) is 0 Å². The lowest BCUT2D eigenvalue weighted by atomic mass is 10.0. The smallest absolute Gasteiger partial charge is 0.347 e. The van der Waals surface area contributed by atoms with Gasteiger partial charge in [0, 0.05) is 5.56 Å². The molecule has 144 valence electrons. The number of phenolic OH excluding ortho intramolecular Hbond substituents is 1. The van der Waals surface area contributed by atoms with E-state index in [2.05, 4.69) is 0 Å². The number of phenols is 1. The third kappa shape index (κ3) is 2.20. The summed E-state index contributed by atoms with van der Waals surface area (Å²) < 4.78 is 21.2. The van der Waals surface area contributed by atoms with Crippen LogP contribution >= 0.6 is 0 Å². The fourth-order valence-electron chi connectivity index (χ4n) is 3.37. The number of fused-ring (bicyclic) bond motifs is 4. The predicted molar refractivity (Wildman–Crippen MR) is 91.4 cm³/mol. The van der Waals surface area contributed by atoms with Crippen LogP contribution in [0.1, 0.15) is 54.1 Å². The number of ether oxygens (including phenoxy) is 4. The Bertz CT molecular complexity index is 1080. The van der Waals surface area contributed by atoms with Gasteiger partial charge in [-0.05, 0) is 25.5 Å². The van der Waals surface area contributed by atoms with Gasteiger partial charge in [-0.1, -0.05) is 0 Å². The molecule has 0 aliphatic carbocycles. The van der Waals surface area contributed by atoms with Crippen molar-refractivity contribution in [2.24, 2.45) is 0 Å². The number of cyclic esters (lactones) is 1. The Balaban J connectivity index is 2.09. The zero-order valence-corrected chi connectivity index (χ0v) is 15.0. The largest absolute Gasteiger partial charge is 0.507 e. The van der Waals surface area contributed by atoms with E-state index in [0.29, 0.717) is 11.8 Å². The topological polar surface area (TPSA) is 129 Å². The lowest BCUT2D eigenvalue weighted by Gasteiger charge is -2.17. The number of carbonyl (C=O) groups is 3. The van der Waals surface area contributed by atoms with Crippen LogP contribution in [-0.4, -0.2) is 35.5 Å². The van der Waals surface area contributed by atoms with Gasteiger partial charge >= 0.3 is 11.9 Å². The molecular formula is C19H14O9. The van der Waals surface area contributed by atoms with Crippen LogP contribution in [0.15, 0.2) is 6.07 Å². The third-order valence-electron chi connectivity index (χ3n) is 4.74. The maximum Gasteiger partial charge on any atom is 0.347 e. The first-order valence-corrected chi connectivity index (χ1v) is 8.15. The Morgan fingerprint density at radius 1 is 1.07 bits per heavy atom. The Hall–Kier alpha value is -3.59. The molecule has 0 amide bonds. The molecule has 2 aliphatic rings. The fourth-order valence-corrected chi connectivity index (χ4v) is 3.37. The molecule has 0 radical (unpaired) electrons. The summed E-state index contributed by atoms with van der Waals surface area (Å²) in [6.07, 6.45) is -1.28. The quantitative estimate of drug-likeness (QED) is 0.454. The van der Waals surface area contributed by atoms with Crippen LogP contribution in [0.4, 0.5) is 0 Å². The Morgan fingerprint density at radius 2 is 1.79 bits per heavy atom. The molecule has 28 heavy (non-hydrogen) atoms. The second kappa shape index (κ2) is 5.96. The van der Waals surface area contributed by atoms with E-state index in [1.54, 1.807) is 6.92 Å². The number of aldehydes is 1. The van der Waals surface area contributed by atoms with Crippen molar-refractivity contribution in [3.05, 3.63) is 39.4 Å². The molecule has 0 unspecified atom stereocenters. The number of aryl methyl sites for hydroxylation is 1. The molecule has 9 heteroatoms. The van der Waals surface area contributed by atoms with E-state index >= 15 is 0 Å². The molecule has 0 aromatic heterocycles. The van der Waals surface area contributed by atoms with Crippen LogP contribution < -0.4 is 14.2 Å². The maximum atomic E-state index is 12.8. The van der Waals surface area contributed by atoms with Crippen LogP contribution in [0.3, 0.4) is 0 Å². The monoisotopic (exact) mass is 386 g/mol. The van der Waals surface area contributed by atoms with Crippen molar-refractivity contribution < 1.29 is 43.5 Å². The lowest BCUT2D eigenvalue weighted by molar-refractivity contribution is -0.0555. The molecule has 0 saturated heterocycles. The van der Waals surface area contributed by atoms with Crippen molar-refractivity contribution >= 4 is 18.2 Å². The van der Waals surface area contributed by atoms with Gasteiger partial charge < -0.3 is 29.2 Å². The third-order valence-corrected chi connectivity index (χ3v) is 4.74. The summed E-state index contributed by atoms with van der Waals surface area (Å²) in [6, 6.07) is 1.49. The molecule has 4 rings (SSSR count). The Kier molecular flexibility index (Phi) is 3.79. The van der Waals surface area contributed by atoms with Crippen molar-refractivity contribution in [2.45, 2.75) is 20.1 Å². The zero-order valence-electron chi connectivity index (χ0n) is 15.0. The summed E-state index contributed by atoms with van der Waals surface area (Å²) in [6.45, 7) is 3.01. The van der Waals surface area contributed by atoms with Gasteiger partial charge in [0.2, 0.25) is 6.29 Å². The van der Waals surface area contributed by atoms with Gasteiger partial charge in [0.25, 0.3) is 0 Å². The number of hydrogen-bond acceptors (Lipinski definition) is 9. The molecular weight excluding hydrogens is 372 g/mol. The standard InChI is InChI=1S/C19H14O9/c1-6-4-9(25-3)8(5-20)15-10(6)17(22)27-14-7(2)13(21)11-12(16(14)26-15)19(24)28-18(11)23/h4-5,19,21,24H,1-3H3/t19-/m1/s1. The Labute approximate surface area is 158 Å². The van der Waals surface area contributed by atoms with E-state index < -0.39 is 24.0 Å². The molecule has 0 saturated carbocycles. The molecule has 2 aromatic carbocycles. The number of carbonyl (C=O) groups excluding carboxylic acids is 3. The molecule has 0 fully saturated rings. The van der Waals surface area contributed by atoms with E-state index in [-0.39, 0.29) is 50.8 Å².